The quantitative estimate of drug-likeness (QED) is 0.629. The van der Waals surface area contributed by atoms with Gasteiger partial charge in [0.15, 0.2) is 5.78 Å². The van der Waals surface area contributed by atoms with E-state index in [1.165, 1.54) is 23.3 Å². The summed E-state index contributed by atoms with van der Waals surface area (Å²) in [6.45, 7) is 8.10. The Labute approximate surface area is 172 Å². The molecule has 1 atom stereocenters. The predicted molar refractivity (Wildman–Crippen MR) is 115 cm³/mol. The van der Waals surface area contributed by atoms with Gasteiger partial charge in [0, 0.05) is 6.07 Å². The fraction of sp³-hybridized carbons (Fsp3) is 0.320. The molecule has 2 N–H and O–H groups in total. The van der Waals surface area contributed by atoms with Crippen molar-refractivity contribution in [2.45, 2.75) is 53.1 Å². The van der Waals surface area contributed by atoms with Crippen molar-refractivity contribution in [1.82, 2.24) is 0 Å². The smallest absolute Gasteiger partial charge is 0.170 e. The third-order valence-corrected chi connectivity index (χ3v) is 5.03. The summed E-state index contributed by atoms with van der Waals surface area (Å²) in [6.07, 6.45) is 5.15. The van der Waals surface area contributed by atoms with Crippen LogP contribution in [-0.4, -0.2) is 16.0 Å². The number of Topliss-reactive ketones (excluding diaryl/α,β-unsaturated/α-hetero) is 1. The van der Waals surface area contributed by atoms with Crippen LogP contribution in [0.1, 0.15) is 67.3 Å². The van der Waals surface area contributed by atoms with Gasteiger partial charge >= 0.3 is 0 Å². The van der Waals surface area contributed by atoms with Crippen LogP contribution < -0.4 is 4.74 Å². The second-order valence-electron chi connectivity index (χ2n) is 8.07. The van der Waals surface area contributed by atoms with E-state index in [4.69, 9.17) is 4.74 Å². The third-order valence-electron chi connectivity index (χ3n) is 5.03. The minimum atomic E-state index is -0.451. The summed E-state index contributed by atoms with van der Waals surface area (Å²) in [5.74, 6) is 0.748. The van der Waals surface area contributed by atoms with Crippen LogP contribution >= 0.6 is 0 Å². The molecule has 0 fully saturated rings. The maximum absolute atomic E-state index is 12.6. The fourth-order valence-corrected chi connectivity index (χ4v) is 3.41. The molecule has 0 saturated heterocycles. The molecule has 0 amide bonds. The number of phenolic OH excluding ortho intramolecular Hbond substituents is 2. The average Bonchev–Trinajstić information content (AvgIpc) is 2.65. The molecule has 4 nitrogen and oxygen atoms in total. The summed E-state index contributed by atoms with van der Waals surface area (Å²) >= 11 is 0. The minimum absolute atomic E-state index is 0.0129. The van der Waals surface area contributed by atoms with E-state index in [0.29, 0.717) is 29.9 Å². The lowest BCUT2D eigenvalue weighted by Gasteiger charge is -2.26. The summed E-state index contributed by atoms with van der Waals surface area (Å²) in [5, 5.41) is 20.5. The van der Waals surface area contributed by atoms with Gasteiger partial charge in [0.25, 0.3) is 0 Å². The summed E-state index contributed by atoms with van der Waals surface area (Å²) in [5.41, 5.74) is 5.34. The van der Waals surface area contributed by atoms with Crippen LogP contribution in [0.5, 0.6) is 17.2 Å². The largest absolute Gasteiger partial charge is 0.508 e. The number of carbonyl (C=O) groups excluding carboxylic acids is 1. The molecule has 0 aromatic heterocycles. The van der Waals surface area contributed by atoms with Crippen molar-refractivity contribution >= 4 is 5.78 Å². The highest BCUT2D eigenvalue weighted by molar-refractivity contribution is 6.00. The highest BCUT2D eigenvalue weighted by Crippen LogP contribution is 2.39. The van der Waals surface area contributed by atoms with Gasteiger partial charge in [-0.1, -0.05) is 23.3 Å². The molecule has 1 heterocycles. The zero-order valence-corrected chi connectivity index (χ0v) is 17.5. The van der Waals surface area contributed by atoms with E-state index in [-0.39, 0.29) is 18.0 Å². The first-order chi connectivity index (χ1) is 13.7. The molecular formula is C25H28O4. The molecule has 29 heavy (non-hydrogen) atoms. The number of fused-ring (bicyclic) bond motifs is 1. The number of hydrogen-bond donors (Lipinski definition) is 2. The highest BCUT2D eigenvalue weighted by atomic mass is 16.5. The molecule has 0 aliphatic carbocycles. The normalized spacial score (nSPS) is 15.3. The van der Waals surface area contributed by atoms with E-state index in [2.05, 4.69) is 12.2 Å². The van der Waals surface area contributed by atoms with Crippen molar-refractivity contribution in [3.8, 4) is 17.2 Å². The first kappa shape index (κ1) is 20.7. The lowest BCUT2D eigenvalue weighted by Crippen LogP contribution is -2.20. The zero-order chi connectivity index (χ0) is 21.1. The Bertz CT molecular complexity index is 949. The molecule has 1 aliphatic rings. The molecule has 0 saturated carbocycles. The second-order valence-corrected chi connectivity index (χ2v) is 8.07. The van der Waals surface area contributed by atoms with Gasteiger partial charge in [0.05, 0.1) is 12.0 Å². The van der Waals surface area contributed by atoms with Crippen molar-refractivity contribution in [1.29, 1.82) is 0 Å². The van der Waals surface area contributed by atoms with Gasteiger partial charge in [-0.05, 0) is 81.5 Å². The Morgan fingerprint density at radius 1 is 1.00 bits per heavy atom. The number of ketones is 1. The van der Waals surface area contributed by atoms with Gasteiger partial charge in [-0.25, -0.2) is 0 Å². The molecule has 0 radical (unpaired) electrons. The number of carbonyl (C=O) groups is 1. The van der Waals surface area contributed by atoms with E-state index in [1.54, 1.807) is 6.07 Å². The first-order valence-electron chi connectivity index (χ1n) is 9.89. The Morgan fingerprint density at radius 3 is 2.14 bits per heavy atom. The number of hydrogen-bond acceptors (Lipinski definition) is 4. The summed E-state index contributed by atoms with van der Waals surface area (Å²) in [6, 6.07) is 8.42. The van der Waals surface area contributed by atoms with Crippen LogP contribution in [0.15, 0.2) is 53.6 Å². The van der Waals surface area contributed by atoms with Crippen LogP contribution in [-0.2, 0) is 12.8 Å². The molecule has 152 valence electrons. The van der Waals surface area contributed by atoms with Crippen LogP contribution in [0.2, 0.25) is 0 Å². The molecular weight excluding hydrogens is 364 g/mol. The Kier molecular flexibility index (Phi) is 6.12. The topological polar surface area (TPSA) is 66.8 Å². The van der Waals surface area contributed by atoms with Crippen LogP contribution in [0.3, 0.4) is 0 Å². The monoisotopic (exact) mass is 392 g/mol. The molecule has 2 aromatic carbocycles. The molecule has 3 rings (SSSR count). The zero-order valence-electron chi connectivity index (χ0n) is 17.5. The molecule has 4 heteroatoms. The van der Waals surface area contributed by atoms with Crippen molar-refractivity contribution in [3.05, 3.63) is 75.9 Å². The maximum Gasteiger partial charge on any atom is 0.170 e. The van der Waals surface area contributed by atoms with Crippen molar-refractivity contribution in [2.75, 3.05) is 0 Å². The summed E-state index contributed by atoms with van der Waals surface area (Å²) in [7, 11) is 0. The number of benzene rings is 2. The van der Waals surface area contributed by atoms with E-state index in [0.717, 1.165) is 16.7 Å². The van der Waals surface area contributed by atoms with Gasteiger partial charge < -0.3 is 14.9 Å². The molecule has 0 spiro atoms. The van der Waals surface area contributed by atoms with Gasteiger partial charge in [0.2, 0.25) is 0 Å². The SMILES string of the molecule is CC(C)=CCc1cc(C2CC(=O)c3ccc(O)cc3O2)cc(CC=C(C)C)c1O. The van der Waals surface area contributed by atoms with E-state index < -0.39 is 6.10 Å². The molecule has 1 unspecified atom stereocenters. The molecule has 1 aliphatic heterocycles. The molecule has 0 bridgehead atoms. The standard InChI is InChI=1S/C25H28O4/c1-15(2)5-7-17-11-19(12-18(25(17)28)8-6-16(3)4)23-14-22(27)21-10-9-20(26)13-24(21)29-23/h5-6,9-13,23,26,28H,7-8,14H2,1-4H3. The lowest BCUT2D eigenvalue weighted by molar-refractivity contribution is 0.0849. The van der Waals surface area contributed by atoms with Gasteiger partial charge in [0.1, 0.15) is 23.4 Å². The van der Waals surface area contributed by atoms with Gasteiger partial charge in [-0.3, -0.25) is 4.79 Å². The predicted octanol–water partition coefficient (Wildman–Crippen LogP) is 5.82. The van der Waals surface area contributed by atoms with E-state index >= 15 is 0 Å². The Hall–Kier alpha value is -3.01. The Morgan fingerprint density at radius 2 is 1.59 bits per heavy atom. The average molecular weight is 392 g/mol. The fourth-order valence-electron chi connectivity index (χ4n) is 3.41. The van der Waals surface area contributed by atoms with E-state index in [9.17, 15) is 15.0 Å². The minimum Gasteiger partial charge on any atom is -0.508 e. The lowest BCUT2D eigenvalue weighted by atomic mass is 9.91. The second kappa shape index (κ2) is 8.56. The maximum atomic E-state index is 12.6. The van der Waals surface area contributed by atoms with Crippen molar-refractivity contribution in [3.63, 3.8) is 0 Å². The summed E-state index contributed by atoms with van der Waals surface area (Å²) in [4.78, 5) is 12.6. The van der Waals surface area contributed by atoms with Crippen molar-refractivity contribution in [2.24, 2.45) is 0 Å². The number of phenols is 2. The third kappa shape index (κ3) is 4.89. The number of aromatic hydroxyl groups is 2. The highest BCUT2D eigenvalue weighted by Gasteiger charge is 2.29. The van der Waals surface area contributed by atoms with Gasteiger partial charge in [-0.2, -0.15) is 0 Å². The van der Waals surface area contributed by atoms with Crippen LogP contribution in [0.25, 0.3) is 0 Å². The first-order valence-corrected chi connectivity index (χ1v) is 9.89. The number of rotatable bonds is 5. The number of ether oxygens (including phenoxy) is 1. The van der Waals surface area contributed by atoms with Crippen molar-refractivity contribution < 1.29 is 19.7 Å². The van der Waals surface area contributed by atoms with Gasteiger partial charge in [-0.15, -0.1) is 0 Å². The summed E-state index contributed by atoms with van der Waals surface area (Å²) < 4.78 is 6.08. The van der Waals surface area contributed by atoms with Crippen LogP contribution in [0.4, 0.5) is 0 Å². The van der Waals surface area contributed by atoms with E-state index in [1.807, 2.05) is 39.8 Å². The molecule has 2 aromatic rings. The Balaban J connectivity index is 2.02. The number of allylic oxidation sites excluding steroid dienone is 4. The van der Waals surface area contributed by atoms with Crippen LogP contribution in [0, 0.1) is 0 Å².